The first kappa shape index (κ1) is 37.7. The van der Waals surface area contributed by atoms with E-state index in [2.05, 4.69) is 20.8 Å². The first-order valence-electron chi connectivity index (χ1n) is 17.0. The predicted molar refractivity (Wildman–Crippen MR) is 172 cm³/mol. The zero-order valence-electron chi connectivity index (χ0n) is 27.8. The summed E-state index contributed by atoms with van der Waals surface area (Å²) in [5.41, 5.74) is 2.30. The molecule has 6 heteroatoms. The third-order valence-corrected chi connectivity index (χ3v) is 8.12. The molecule has 0 unspecified atom stereocenters. The maximum atomic E-state index is 13.4. The standard InChI is InChI=1S/C36H60O6/c1-7-10-13-16-19-22-25-40-34(37)31-28(4)29(5)32(35(38)41-26-23-20-17-14-11-8-2)33(30(31)6)36(39)42-27-24-21-18-15-12-9-3/h7-27H2,1-6H3. The summed E-state index contributed by atoms with van der Waals surface area (Å²) in [5.74, 6) is -1.58. The van der Waals surface area contributed by atoms with Crippen molar-refractivity contribution in [2.75, 3.05) is 19.8 Å². The lowest BCUT2D eigenvalue weighted by Crippen LogP contribution is -2.22. The molecule has 0 saturated carbocycles. The Labute approximate surface area is 256 Å². The highest BCUT2D eigenvalue weighted by Gasteiger charge is 2.31. The van der Waals surface area contributed by atoms with Crippen molar-refractivity contribution in [3.05, 3.63) is 33.4 Å². The van der Waals surface area contributed by atoms with E-state index in [1.807, 2.05) is 0 Å². The highest BCUT2D eigenvalue weighted by Crippen LogP contribution is 2.30. The molecule has 0 fully saturated rings. The maximum Gasteiger partial charge on any atom is 0.339 e. The molecule has 0 atom stereocenters. The third-order valence-electron chi connectivity index (χ3n) is 8.12. The Bertz CT molecular complexity index is 936. The van der Waals surface area contributed by atoms with Gasteiger partial charge in [-0.1, -0.05) is 117 Å². The third kappa shape index (κ3) is 13.7. The van der Waals surface area contributed by atoms with E-state index in [4.69, 9.17) is 14.2 Å². The molecule has 0 spiro atoms. The van der Waals surface area contributed by atoms with Crippen molar-refractivity contribution in [2.45, 2.75) is 157 Å². The summed E-state index contributed by atoms with van der Waals surface area (Å²) in [6.07, 6.45) is 19.5. The van der Waals surface area contributed by atoms with Crippen LogP contribution < -0.4 is 0 Å². The van der Waals surface area contributed by atoms with Gasteiger partial charge in [-0.25, -0.2) is 14.4 Å². The summed E-state index contributed by atoms with van der Waals surface area (Å²) >= 11 is 0. The van der Waals surface area contributed by atoms with E-state index in [9.17, 15) is 14.4 Å². The molecule has 0 N–H and O–H groups in total. The smallest absolute Gasteiger partial charge is 0.339 e. The van der Waals surface area contributed by atoms with Crippen LogP contribution >= 0.6 is 0 Å². The van der Waals surface area contributed by atoms with Gasteiger partial charge in [0, 0.05) is 0 Å². The summed E-state index contributed by atoms with van der Waals surface area (Å²) in [5, 5.41) is 0. The van der Waals surface area contributed by atoms with Crippen LogP contribution in [0.4, 0.5) is 0 Å². The van der Waals surface area contributed by atoms with Crippen molar-refractivity contribution in [1.29, 1.82) is 0 Å². The second kappa shape index (κ2) is 23.1. The molecule has 0 bridgehead atoms. The molecule has 42 heavy (non-hydrogen) atoms. The molecule has 0 radical (unpaired) electrons. The van der Waals surface area contributed by atoms with E-state index in [-0.39, 0.29) is 17.7 Å². The van der Waals surface area contributed by atoms with Gasteiger partial charge in [-0.15, -0.1) is 0 Å². The Morgan fingerprint density at radius 1 is 0.381 bits per heavy atom. The van der Waals surface area contributed by atoms with E-state index in [0.717, 1.165) is 57.8 Å². The molecular formula is C36H60O6. The van der Waals surface area contributed by atoms with E-state index in [1.54, 1.807) is 20.8 Å². The summed E-state index contributed by atoms with van der Waals surface area (Å²) in [4.78, 5) is 40.0. The second-order valence-electron chi connectivity index (χ2n) is 11.7. The first-order valence-corrected chi connectivity index (χ1v) is 17.0. The van der Waals surface area contributed by atoms with Gasteiger partial charge in [0.15, 0.2) is 0 Å². The molecule has 0 amide bonds. The van der Waals surface area contributed by atoms with Gasteiger partial charge >= 0.3 is 17.9 Å². The van der Waals surface area contributed by atoms with Crippen LogP contribution in [0.5, 0.6) is 0 Å². The van der Waals surface area contributed by atoms with E-state index < -0.39 is 17.9 Å². The lowest BCUT2D eigenvalue weighted by Gasteiger charge is -2.20. The fourth-order valence-corrected chi connectivity index (χ4v) is 5.33. The first-order chi connectivity index (χ1) is 20.3. The molecule has 0 saturated heterocycles. The Morgan fingerprint density at radius 3 is 1.00 bits per heavy atom. The summed E-state index contributed by atoms with van der Waals surface area (Å²) in [7, 11) is 0. The van der Waals surface area contributed by atoms with Gasteiger partial charge in [-0.2, -0.15) is 0 Å². The van der Waals surface area contributed by atoms with Crippen LogP contribution in [-0.4, -0.2) is 37.7 Å². The molecule has 1 aromatic carbocycles. The van der Waals surface area contributed by atoms with E-state index in [0.29, 0.717) is 35.5 Å². The summed E-state index contributed by atoms with van der Waals surface area (Å²) < 4.78 is 17.0. The minimum absolute atomic E-state index is 0.128. The minimum atomic E-state index is -0.583. The van der Waals surface area contributed by atoms with Crippen molar-refractivity contribution < 1.29 is 28.6 Å². The fraction of sp³-hybridized carbons (Fsp3) is 0.750. The van der Waals surface area contributed by atoms with Crippen LogP contribution in [-0.2, 0) is 14.2 Å². The number of ether oxygens (including phenoxy) is 3. The quantitative estimate of drug-likeness (QED) is 0.0679. The van der Waals surface area contributed by atoms with Crippen LogP contribution in [0.2, 0.25) is 0 Å². The van der Waals surface area contributed by atoms with Crippen molar-refractivity contribution >= 4 is 17.9 Å². The topological polar surface area (TPSA) is 78.9 Å². The number of carbonyl (C=O) groups is 3. The zero-order valence-corrected chi connectivity index (χ0v) is 27.8. The maximum absolute atomic E-state index is 13.4. The van der Waals surface area contributed by atoms with Crippen molar-refractivity contribution in [3.8, 4) is 0 Å². The van der Waals surface area contributed by atoms with Gasteiger partial charge in [-0.3, -0.25) is 0 Å². The van der Waals surface area contributed by atoms with Crippen LogP contribution in [0.25, 0.3) is 0 Å². The molecule has 0 aromatic heterocycles. The number of hydrogen-bond donors (Lipinski definition) is 0. The Balaban J connectivity index is 3.06. The molecule has 0 aliphatic heterocycles. The summed E-state index contributed by atoms with van der Waals surface area (Å²) in [6, 6.07) is 0. The molecule has 1 aromatic rings. The molecule has 1 rings (SSSR count). The van der Waals surface area contributed by atoms with Gasteiger partial charge in [0.1, 0.15) is 0 Å². The number of rotatable bonds is 24. The Morgan fingerprint density at radius 2 is 0.643 bits per heavy atom. The number of hydrogen-bond acceptors (Lipinski definition) is 6. The zero-order chi connectivity index (χ0) is 31.2. The van der Waals surface area contributed by atoms with Crippen LogP contribution in [0.3, 0.4) is 0 Å². The van der Waals surface area contributed by atoms with Gasteiger partial charge in [0.25, 0.3) is 0 Å². The fourth-order valence-electron chi connectivity index (χ4n) is 5.33. The van der Waals surface area contributed by atoms with Gasteiger partial charge in [-0.05, 0) is 56.7 Å². The molecule has 0 heterocycles. The minimum Gasteiger partial charge on any atom is -0.462 e. The highest BCUT2D eigenvalue weighted by molar-refractivity contribution is 6.08. The normalized spacial score (nSPS) is 11.0. The molecule has 0 aliphatic rings. The Kier molecular flexibility index (Phi) is 20.7. The van der Waals surface area contributed by atoms with E-state index >= 15 is 0 Å². The van der Waals surface area contributed by atoms with Crippen molar-refractivity contribution in [1.82, 2.24) is 0 Å². The number of esters is 3. The second-order valence-corrected chi connectivity index (χ2v) is 11.7. The van der Waals surface area contributed by atoms with E-state index in [1.165, 1.54) is 57.8 Å². The average molecular weight is 589 g/mol. The number of unbranched alkanes of at least 4 members (excludes halogenated alkanes) is 15. The van der Waals surface area contributed by atoms with Crippen LogP contribution in [0.1, 0.15) is 184 Å². The molecule has 0 aliphatic carbocycles. The van der Waals surface area contributed by atoms with Crippen molar-refractivity contribution in [3.63, 3.8) is 0 Å². The molecule has 6 nitrogen and oxygen atoms in total. The molecule has 240 valence electrons. The Hall–Kier alpha value is -2.37. The number of carbonyl (C=O) groups excluding carboxylic acids is 3. The van der Waals surface area contributed by atoms with Gasteiger partial charge in [0.2, 0.25) is 0 Å². The van der Waals surface area contributed by atoms with Crippen LogP contribution in [0.15, 0.2) is 0 Å². The van der Waals surface area contributed by atoms with Crippen molar-refractivity contribution in [2.24, 2.45) is 0 Å². The molecular weight excluding hydrogens is 528 g/mol. The monoisotopic (exact) mass is 588 g/mol. The summed E-state index contributed by atoms with van der Waals surface area (Å²) in [6.45, 7) is 12.8. The van der Waals surface area contributed by atoms with Crippen LogP contribution in [0, 0.1) is 20.8 Å². The van der Waals surface area contributed by atoms with Gasteiger partial charge in [0.05, 0.1) is 36.5 Å². The average Bonchev–Trinajstić information content (AvgIpc) is 2.97. The lowest BCUT2D eigenvalue weighted by atomic mass is 9.88. The van der Waals surface area contributed by atoms with Gasteiger partial charge < -0.3 is 14.2 Å². The number of benzene rings is 1. The SMILES string of the molecule is CCCCCCCCOC(=O)c1c(C)c(C)c(C(=O)OCCCCCCCC)c(C(=O)OCCCCCCCC)c1C. The predicted octanol–water partition coefficient (Wildman–Crippen LogP) is 10.2. The largest absolute Gasteiger partial charge is 0.462 e. The highest BCUT2D eigenvalue weighted by atomic mass is 16.5. The lowest BCUT2D eigenvalue weighted by molar-refractivity contribution is 0.0445.